The van der Waals surface area contributed by atoms with Crippen molar-refractivity contribution in [3.8, 4) is 17.2 Å². The molecule has 3 N–H and O–H groups in total. The summed E-state index contributed by atoms with van der Waals surface area (Å²) >= 11 is 0. The van der Waals surface area contributed by atoms with Gasteiger partial charge >= 0.3 is 5.97 Å². The van der Waals surface area contributed by atoms with Crippen molar-refractivity contribution < 1.29 is 24.5 Å². The number of hydrogen-bond acceptors (Lipinski definition) is 6. The van der Waals surface area contributed by atoms with Crippen molar-refractivity contribution in [1.29, 1.82) is 0 Å². The maximum absolute atomic E-state index is 12.1. The number of esters is 1. The summed E-state index contributed by atoms with van der Waals surface area (Å²) in [6.45, 7) is 1.94. The summed E-state index contributed by atoms with van der Waals surface area (Å²) in [5.74, 6) is -1.19. The number of carbonyl (C=O) groups is 2. The van der Waals surface area contributed by atoms with Gasteiger partial charge in [0.15, 0.2) is 0 Å². The fourth-order valence-corrected chi connectivity index (χ4v) is 2.42. The lowest BCUT2D eigenvalue weighted by molar-refractivity contribution is 0.0734. The molecule has 0 fully saturated rings. The van der Waals surface area contributed by atoms with Crippen LogP contribution >= 0.6 is 0 Å². The van der Waals surface area contributed by atoms with E-state index in [0.717, 1.165) is 11.6 Å². The number of aromatic hydroxyl groups is 2. The molecule has 0 spiro atoms. The number of aryl methyl sites for hydroxylation is 1. The summed E-state index contributed by atoms with van der Waals surface area (Å²) in [7, 11) is 0. The highest BCUT2D eigenvalue weighted by atomic mass is 16.5. The molecule has 0 unspecified atom stereocenters. The molecule has 0 radical (unpaired) electrons. The molecule has 146 valence electrons. The van der Waals surface area contributed by atoms with Gasteiger partial charge < -0.3 is 14.9 Å². The number of phenolic OH excluding ortho intramolecular Hbond substituents is 2. The van der Waals surface area contributed by atoms with Gasteiger partial charge in [-0.2, -0.15) is 5.10 Å². The second kappa shape index (κ2) is 8.71. The number of hydrogen-bond donors (Lipinski definition) is 3. The van der Waals surface area contributed by atoms with Crippen LogP contribution in [0.25, 0.3) is 0 Å². The molecule has 3 rings (SSSR count). The predicted octanol–water partition coefficient (Wildman–Crippen LogP) is 3.39. The van der Waals surface area contributed by atoms with Gasteiger partial charge in [-0.3, -0.25) is 4.79 Å². The third-order valence-electron chi connectivity index (χ3n) is 3.98. The number of nitrogens with zero attached hydrogens (tertiary/aromatic N) is 1. The minimum Gasteiger partial charge on any atom is -0.508 e. The monoisotopic (exact) mass is 390 g/mol. The summed E-state index contributed by atoms with van der Waals surface area (Å²) in [4.78, 5) is 24.1. The van der Waals surface area contributed by atoms with E-state index in [1.807, 2.05) is 19.1 Å². The van der Waals surface area contributed by atoms with Crippen LogP contribution in [0.5, 0.6) is 17.2 Å². The summed E-state index contributed by atoms with van der Waals surface area (Å²) in [6.07, 6.45) is 1.40. The van der Waals surface area contributed by atoms with Crippen LogP contribution in [0.15, 0.2) is 71.8 Å². The highest BCUT2D eigenvalue weighted by Crippen LogP contribution is 2.22. The Morgan fingerprint density at radius 3 is 2.31 bits per heavy atom. The topological polar surface area (TPSA) is 108 Å². The number of rotatable bonds is 5. The average Bonchev–Trinajstić information content (AvgIpc) is 2.69. The number of amides is 1. The van der Waals surface area contributed by atoms with Gasteiger partial charge in [0.25, 0.3) is 5.91 Å². The SMILES string of the molecule is Cc1ccc(C(=O)Oc2ccc(/C=N\NC(=O)c3ccc(O)cc3O)cc2)cc1. The minimum atomic E-state index is -0.623. The molecule has 29 heavy (non-hydrogen) atoms. The first-order valence-corrected chi connectivity index (χ1v) is 8.66. The lowest BCUT2D eigenvalue weighted by Crippen LogP contribution is -2.17. The molecule has 3 aromatic rings. The van der Waals surface area contributed by atoms with Crippen LogP contribution in [0.1, 0.15) is 31.8 Å². The number of nitrogens with one attached hydrogen (secondary N) is 1. The lowest BCUT2D eigenvalue weighted by atomic mass is 10.1. The van der Waals surface area contributed by atoms with Gasteiger partial charge in [-0.25, -0.2) is 10.2 Å². The molecule has 0 aromatic heterocycles. The fourth-order valence-electron chi connectivity index (χ4n) is 2.42. The normalized spacial score (nSPS) is 10.7. The Bertz CT molecular complexity index is 1060. The zero-order valence-corrected chi connectivity index (χ0v) is 15.5. The molecular formula is C22H18N2O5. The molecule has 0 bridgehead atoms. The molecule has 0 aliphatic carbocycles. The molecule has 0 saturated carbocycles. The average molecular weight is 390 g/mol. The molecular weight excluding hydrogens is 372 g/mol. The lowest BCUT2D eigenvalue weighted by Gasteiger charge is -2.05. The molecule has 3 aromatic carbocycles. The van der Waals surface area contributed by atoms with E-state index in [0.29, 0.717) is 16.9 Å². The van der Waals surface area contributed by atoms with Crippen molar-refractivity contribution >= 4 is 18.1 Å². The van der Waals surface area contributed by atoms with E-state index in [1.165, 1.54) is 18.3 Å². The van der Waals surface area contributed by atoms with Gasteiger partial charge in [0.1, 0.15) is 17.2 Å². The molecule has 0 aliphatic heterocycles. The summed E-state index contributed by atoms with van der Waals surface area (Å²) in [5, 5.41) is 22.7. The quantitative estimate of drug-likeness (QED) is 0.268. The van der Waals surface area contributed by atoms with E-state index in [-0.39, 0.29) is 17.1 Å². The summed E-state index contributed by atoms with van der Waals surface area (Å²) in [5.41, 5.74) is 4.44. The van der Waals surface area contributed by atoms with Gasteiger partial charge in [-0.15, -0.1) is 0 Å². The van der Waals surface area contributed by atoms with Gasteiger partial charge in [0, 0.05) is 6.07 Å². The zero-order chi connectivity index (χ0) is 20.8. The second-order valence-corrected chi connectivity index (χ2v) is 6.23. The van der Waals surface area contributed by atoms with Gasteiger partial charge in [0.2, 0.25) is 0 Å². The van der Waals surface area contributed by atoms with Crippen LogP contribution in [0.4, 0.5) is 0 Å². The first kappa shape index (κ1) is 19.6. The summed E-state index contributed by atoms with van der Waals surface area (Å²) < 4.78 is 5.32. The van der Waals surface area contributed by atoms with Crippen LogP contribution in [0.2, 0.25) is 0 Å². The van der Waals surface area contributed by atoms with Crippen molar-refractivity contribution in [2.45, 2.75) is 6.92 Å². The first-order chi connectivity index (χ1) is 13.9. The Hall–Kier alpha value is -4.13. The number of phenols is 2. The maximum atomic E-state index is 12.1. The molecule has 0 heterocycles. The minimum absolute atomic E-state index is 0.0154. The molecule has 7 nitrogen and oxygen atoms in total. The van der Waals surface area contributed by atoms with E-state index in [4.69, 9.17) is 4.74 Å². The van der Waals surface area contributed by atoms with Gasteiger partial charge in [0.05, 0.1) is 17.3 Å². The van der Waals surface area contributed by atoms with Gasteiger partial charge in [-0.1, -0.05) is 17.7 Å². The van der Waals surface area contributed by atoms with E-state index in [1.54, 1.807) is 36.4 Å². The van der Waals surface area contributed by atoms with Gasteiger partial charge in [-0.05, 0) is 61.0 Å². The molecule has 0 aliphatic rings. The standard InChI is InChI=1S/C22H18N2O5/c1-14-2-6-16(7-3-14)22(28)29-18-9-4-15(5-10-18)13-23-24-21(27)19-11-8-17(25)12-20(19)26/h2-13,25-26H,1H3,(H,24,27)/b23-13-. The molecule has 7 heteroatoms. The van der Waals surface area contributed by atoms with Crippen molar-refractivity contribution in [2.75, 3.05) is 0 Å². The number of ether oxygens (including phenoxy) is 1. The van der Waals surface area contributed by atoms with Crippen molar-refractivity contribution in [3.05, 3.63) is 89.0 Å². The van der Waals surface area contributed by atoms with Crippen LogP contribution in [-0.4, -0.2) is 28.3 Å². The van der Waals surface area contributed by atoms with E-state index in [9.17, 15) is 19.8 Å². The van der Waals surface area contributed by atoms with E-state index in [2.05, 4.69) is 10.5 Å². The highest BCUT2D eigenvalue weighted by Gasteiger charge is 2.11. The number of benzene rings is 3. The number of hydrazone groups is 1. The summed E-state index contributed by atoms with van der Waals surface area (Å²) in [6, 6.07) is 17.3. The molecule has 1 amide bonds. The third kappa shape index (κ3) is 5.20. The van der Waals surface area contributed by atoms with Crippen LogP contribution < -0.4 is 10.2 Å². The predicted molar refractivity (Wildman–Crippen MR) is 107 cm³/mol. The molecule has 0 atom stereocenters. The van der Waals surface area contributed by atoms with E-state index < -0.39 is 11.9 Å². The number of carbonyl (C=O) groups excluding carboxylic acids is 2. The van der Waals surface area contributed by atoms with Crippen LogP contribution in [0.3, 0.4) is 0 Å². The smallest absolute Gasteiger partial charge is 0.343 e. The van der Waals surface area contributed by atoms with Crippen molar-refractivity contribution in [3.63, 3.8) is 0 Å². The van der Waals surface area contributed by atoms with Crippen molar-refractivity contribution in [1.82, 2.24) is 5.43 Å². The second-order valence-electron chi connectivity index (χ2n) is 6.23. The highest BCUT2D eigenvalue weighted by molar-refractivity contribution is 5.97. The van der Waals surface area contributed by atoms with Crippen LogP contribution in [-0.2, 0) is 0 Å². The van der Waals surface area contributed by atoms with Crippen molar-refractivity contribution in [2.24, 2.45) is 5.10 Å². The fraction of sp³-hybridized carbons (Fsp3) is 0.0455. The van der Waals surface area contributed by atoms with E-state index >= 15 is 0 Å². The third-order valence-corrected chi connectivity index (χ3v) is 3.98. The Kier molecular flexibility index (Phi) is 5.89. The Balaban J connectivity index is 1.57. The Morgan fingerprint density at radius 1 is 0.966 bits per heavy atom. The van der Waals surface area contributed by atoms with Crippen LogP contribution in [0, 0.1) is 6.92 Å². The first-order valence-electron chi connectivity index (χ1n) is 8.66. The zero-order valence-electron chi connectivity index (χ0n) is 15.5. The maximum Gasteiger partial charge on any atom is 0.343 e. The largest absolute Gasteiger partial charge is 0.508 e. The Labute approximate surface area is 166 Å². The Morgan fingerprint density at radius 2 is 1.66 bits per heavy atom. The molecule has 0 saturated heterocycles.